The largest absolute Gasteiger partial charge is 0.507 e. The first-order valence-electron chi connectivity index (χ1n) is 5.70. The van der Waals surface area contributed by atoms with Crippen LogP contribution in [0.5, 0.6) is 5.75 Å². The summed E-state index contributed by atoms with van der Waals surface area (Å²) in [7, 11) is 0. The number of halogens is 1. The Morgan fingerprint density at radius 1 is 1.53 bits per heavy atom. The molecule has 1 saturated carbocycles. The molecule has 0 saturated heterocycles. The molecule has 4 heteroatoms. The second kappa shape index (κ2) is 4.35. The van der Waals surface area contributed by atoms with Gasteiger partial charge in [0, 0.05) is 11.5 Å². The molecule has 0 amide bonds. The molecule has 1 aliphatic rings. The molecule has 1 aromatic carbocycles. The van der Waals surface area contributed by atoms with Crippen LogP contribution in [0.15, 0.2) is 12.1 Å². The van der Waals surface area contributed by atoms with Gasteiger partial charge in [-0.25, -0.2) is 4.39 Å². The highest BCUT2D eigenvalue weighted by Gasteiger charge is 2.37. The maximum absolute atomic E-state index is 13.8. The van der Waals surface area contributed by atoms with Crippen LogP contribution in [0.1, 0.15) is 36.3 Å². The van der Waals surface area contributed by atoms with Crippen molar-refractivity contribution in [2.45, 2.75) is 32.1 Å². The first kappa shape index (κ1) is 11.9. The smallest absolute Gasteiger partial charge is 0.303 e. The lowest BCUT2D eigenvalue weighted by Gasteiger charge is -2.18. The lowest BCUT2D eigenvalue weighted by Crippen LogP contribution is -2.10. The molecular weight excluding hydrogens is 223 g/mol. The van der Waals surface area contributed by atoms with Crippen LogP contribution in [0.4, 0.5) is 4.39 Å². The van der Waals surface area contributed by atoms with E-state index in [-0.39, 0.29) is 23.7 Å². The summed E-state index contributed by atoms with van der Waals surface area (Å²) in [6.45, 7) is 1.68. The molecule has 0 spiro atoms. The number of aliphatic carboxylic acids is 1. The van der Waals surface area contributed by atoms with Crippen molar-refractivity contribution in [1.29, 1.82) is 0 Å². The number of hydrogen-bond donors (Lipinski definition) is 2. The summed E-state index contributed by atoms with van der Waals surface area (Å²) in [5.74, 6) is -1.78. The molecule has 3 nitrogen and oxygen atoms in total. The van der Waals surface area contributed by atoms with Crippen molar-refractivity contribution in [3.05, 3.63) is 29.1 Å². The van der Waals surface area contributed by atoms with Crippen molar-refractivity contribution in [3.8, 4) is 5.75 Å². The summed E-state index contributed by atoms with van der Waals surface area (Å²) < 4.78 is 13.8. The van der Waals surface area contributed by atoms with E-state index in [4.69, 9.17) is 5.11 Å². The zero-order valence-electron chi connectivity index (χ0n) is 9.61. The molecule has 0 aliphatic heterocycles. The molecule has 1 aliphatic carbocycles. The fourth-order valence-electron chi connectivity index (χ4n) is 2.24. The van der Waals surface area contributed by atoms with Gasteiger partial charge >= 0.3 is 5.97 Å². The molecule has 1 fully saturated rings. The lowest BCUT2D eigenvalue weighted by atomic mass is 9.88. The zero-order chi connectivity index (χ0) is 12.6. The Morgan fingerprint density at radius 2 is 2.18 bits per heavy atom. The van der Waals surface area contributed by atoms with E-state index in [0.29, 0.717) is 5.56 Å². The second-order valence-electron chi connectivity index (χ2n) is 4.67. The average Bonchev–Trinajstić information content (AvgIpc) is 3.06. The van der Waals surface area contributed by atoms with Crippen LogP contribution in [0, 0.1) is 18.7 Å². The second-order valence-corrected chi connectivity index (χ2v) is 4.67. The number of hydrogen-bond acceptors (Lipinski definition) is 2. The van der Waals surface area contributed by atoms with E-state index in [1.807, 2.05) is 0 Å². The molecule has 17 heavy (non-hydrogen) atoms. The van der Waals surface area contributed by atoms with Crippen molar-refractivity contribution in [1.82, 2.24) is 0 Å². The number of aryl methyl sites for hydroxylation is 1. The van der Waals surface area contributed by atoms with Crippen molar-refractivity contribution in [2.24, 2.45) is 5.92 Å². The molecule has 92 valence electrons. The van der Waals surface area contributed by atoms with Gasteiger partial charge in [-0.3, -0.25) is 4.79 Å². The molecular formula is C13H15FO3. The van der Waals surface area contributed by atoms with E-state index in [0.717, 1.165) is 12.8 Å². The van der Waals surface area contributed by atoms with Crippen LogP contribution in [0.2, 0.25) is 0 Å². The normalized spacial score (nSPS) is 16.8. The zero-order valence-corrected chi connectivity index (χ0v) is 9.61. The number of phenolic OH excluding ortho intramolecular Hbond substituents is 1. The Bertz CT molecular complexity index is 452. The van der Waals surface area contributed by atoms with Crippen LogP contribution < -0.4 is 0 Å². The van der Waals surface area contributed by atoms with E-state index in [9.17, 15) is 14.3 Å². The third kappa shape index (κ3) is 2.40. The monoisotopic (exact) mass is 238 g/mol. The molecule has 2 rings (SSSR count). The Balaban J connectivity index is 2.41. The quantitative estimate of drug-likeness (QED) is 0.848. The maximum Gasteiger partial charge on any atom is 0.303 e. The summed E-state index contributed by atoms with van der Waals surface area (Å²) in [6.07, 6.45) is 1.69. The van der Waals surface area contributed by atoms with Gasteiger partial charge in [0.05, 0.1) is 6.42 Å². The van der Waals surface area contributed by atoms with E-state index >= 15 is 0 Å². The predicted molar refractivity (Wildman–Crippen MR) is 60.5 cm³/mol. The Hall–Kier alpha value is -1.58. The standard InChI is InChI=1S/C13H15FO3/c1-7-2-5-10(14)12(13(7)17)9(6-11(15)16)8-3-4-8/h2,5,8-9,17H,3-4,6H2,1H3,(H,15,16). The number of carbonyl (C=O) groups is 1. The third-order valence-corrected chi connectivity index (χ3v) is 3.32. The number of rotatable bonds is 4. The topological polar surface area (TPSA) is 57.5 Å². The minimum absolute atomic E-state index is 0.0943. The number of aromatic hydroxyl groups is 1. The van der Waals surface area contributed by atoms with Crippen LogP contribution in [-0.2, 0) is 4.79 Å². The third-order valence-electron chi connectivity index (χ3n) is 3.32. The minimum atomic E-state index is -0.956. The van der Waals surface area contributed by atoms with Crippen molar-refractivity contribution >= 4 is 5.97 Å². The minimum Gasteiger partial charge on any atom is -0.507 e. The molecule has 1 unspecified atom stereocenters. The van der Waals surface area contributed by atoms with Gasteiger partial charge in [0.2, 0.25) is 0 Å². The number of carboxylic acids is 1. The Kier molecular flexibility index (Phi) is 3.05. The van der Waals surface area contributed by atoms with Crippen LogP contribution in [-0.4, -0.2) is 16.2 Å². The van der Waals surface area contributed by atoms with E-state index < -0.39 is 17.7 Å². The van der Waals surface area contributed by atoms with Gasteiger partial charge in [0.25, 0.3) is 0 Å². The van der Waals surface area contributed by atoms with Gasteiger partial charge in [0.15, 0.2) is 0 Å². The molecule has 0 radical (unpaired) electrons. The van der Waals surface area contributed by atoms with Crippen molar-refractivity contribution in [2.75, 3.05) is 0 Å². The summed E-state index contributed by atoms with van der Waals surface area (Å²) in [5, 5.41) is 18.8. The van der Waals surface area contributed by atoms with E-state index in [1.54, 1.807) is 6.92 Å². The number of carboxylic acid groups (broad SMARTS) is 1. The Labute approximate surface area is 98.9 Å². The fraction of sp³-hybridized carbons (Fsp3) is 0.462. The van der Waals surface area contributed by atoms with E-state index in [2.05, 4.69) is 0 Å². The van der Waals surface area contributed by atoms with Gasteiger partial charge in [-0.05, 0) is 37.3 Å². The van der Waals surface area contributed by atoms with Gasteiger partial charge in [-0.15, -0.1) is 0 Å². The molecule has 0 heterocycles. The molecule has 0 aromatic heterocycles. The van der Waals surface area contributed by atoms with Gasteiger partial charge in [-0.2, -0.15) is 0 Å². The van der Waals surface area contributed by atoms with Crippen LogP contribution >= 0.6 is 0 Å². The average molecular weight is 238 g/mol. The highest BCUT2D eigenvalue weighted by atomic mass is 19.1. The maximum atomic E-state index is 13.8. The first-order valence-corrected chi connectivity index (χ1v) is 5.70. The van der Waals surface area contributed by atoms with E-state index in [1.165, 1.54) is 12.1 Å². The molecule has 2 N–H and O–H groups in total. The molecule has 0 bridgehead atoms. The SMILES string of the molecule is Cc1ccc(F)c(C(CC(=O)O)C2CC2)c1O. The fourth-order valence-corrected chi connectivity index (χ4v) is 2.24. The summed E-state index contributed by atoms with van der Waals surface area (Å²) in [6, 6.07) is 2.79. The molecule has 1 atom stereocenters. The molecule has 1 aromatic rings. The van der Waals surface area contributed by atoms with Gasteiger partial charge < -0.3 is 10.2 Å². The summed E-state index contributed by atoms with van der Waals surface area (Å²) >= 11 is 0. The highest BCUT2D eigenvalue weighted by Crippen LogP contribution is 2.48. The van der Waals surface area contributed by atoms with Crippen molar-refractivity contribution < 1.29 is 19.4 Å². The first-order chi connectivity index (χ1) is 8.00. The van der Waals surface area contributed by atoms with Crippen LogP contribution in [0.25, 0.3) is 0 Å². The highest BCUT2D eigenvalue weighted by molar-refractivity contribution is 5.68. The van der Waals surface area contributed by atoms with Gasteiger partial charge in [0.1, 0.15) is 11.6 Å². The van der Waals surface area contributed by atoms with Crippen molar-refractivity contribution in [3.63, 3.8) is 0 Å². The van der Waals surface area contributed by atoms with Crippen LogP contribution in [0.3, 0.4) is 0 Å². The Morgan fingerprint density at radius 3 is 2.71 bits per heavy atom. The number of phenols is 1. The van der Waals surface area contributed by atoms with Gasteiger partial charge in [-0.1, -0.05) is 6.07 Å². The number of benzene rings is 1. The summed E-state index contributed by atoms with van der Waals surface area (Å²) in [4.78, 5) is 10.8. The summed E-state index contributed by atoms with van der Waals surface area (Å²) in [5.41, 5.74) is 0.757. The lowest BCUT2D eigenvalue weighted by molar-refractivity contribution is -0.137. The predicted octanol–water partition coefficient (Wildman–Crippen LogP) is 2.81.